The second-order valence-electron chi connectivity index (χ2n) is 3.68. The minimum atomic E-state index is -2.40. The van der Waals surface area contributed by atoms with Gasteiger partial charge in [0.05, 0.1) is 21.6 Å². The van der Waals surface area contributed by atoms with Crippen molar-refractivity contribution in [2.75, 3.05) is 11.6 Å². The van der Waals surface area contributed by atoms with Crippen molar-refractivity contribution in [2.45, 2.75) is 6.92 Å². The number of hydrazone groups is 1. The van der Waals surface area contributed by atoms with E-state index in [1.54, 1.807) is 0 Å². The lowest BCUT2D eigenvalue weighted by molar-refractivity contribution is -0.393. The van der Waals surface area contributed by atoms with Crippen molar-refractivity contribution < 1.29 is 19.3 Å². The Balaban J connectivity index is 3.03. The quantitative estimate of drug-likeness (QED) is 0.353. The fraction of sp³-hybridized carbons (Fsp3) is 0.222. The number of benzene rings is 1. The molecule has 0 fully saturated rings. The van der Waals surface area contributed by atoms with Crippen molar-refractivity contribution in [1.29, 1.82) is 0 Å². The monoisotopic (exact) mass is 301 g/mol. The van der Waals surface area contributed by atoms with Crippen molar-refractivity contribution in [1.82, 2.24) is 0 Å². The Kier molecular flexibility index (Phi) is 5.18. The molecule has 0 amide bonds. The van der Waals surface area contributed by atoms with Crippen LogP contribution in [0, 0.1) is 20.2 Å². The second-order valence-corrected chi connectivity index (χ2v) is 4.71. The molecule has 106 valence electrons. The molecule has 1 unspecified atom stereocenters. The number of nitro benzene ring substituents is 2. The second kappa shape index (κ2) is 6.64. The van der Waals surface area contributed by atoms with Crippen LogP contribution >= 0.6 is 8.03 Å². The van der Waals surface area contributed by atoms with E-state index < -0.39 is 29.2 Å². The number of rotatable bonds is 6. The molecular formula is C9H10N4O6P+. The van der Waals surface area contributed by atoms with E-state index in [2.05, 4.69) is 10.5 Å². The van der Waals surface area contributed by atoms with Gasteiger partial charge < -0.3 is 0 Å². The summed E-state index contributed by atoms with van der Waals surface area (Å²) in [5.41, 5.74) is 1.64. The zero-order chi connectivity index (χ0) is 15.3. The fourth-order valence-electron chi connectivity index (χ4n) is 1.27. The van der Waals surface area contributed by atoms with Crippen LogP contribution in [0.4, 0.5) is 17.1 Å². The lowest BCUT2D eigenvalue weighted by atomic mass is 10.2. The summed E-state index contributed by atoms with van der Waals surface area (Å²) in [6.07, 6.45) is -0.177. The third-order valence-electron chi connectivity index (χ3n) is 2.12. The molecule has 1 rings (SSSR count). The summed E-state index contributed by atoms with van der Waals surface area (Å²) in [6.45, 7) is 1.47. The van der Waals surface area contributed by atoms with E-state index >= 15 is 0 Å². The van der Waals surface area contributed by atoms with Crippen LogP contribution in [0.3, 0.4) is 0 Å². The third-order valence-corrected chi connectivity index (χ3v) is 2.85. The van der Waals surface area contributed by atoms with Gasteiger partial charge in [0, 0.05) is 6.07 Å². The molecule has 0 saturated carbocycles. The zero-order valence-corrected chi connectivity index (χ0v) is 11.1. The van der Waals surface area contributed by atoms with Gasteiger partial charge in [-0.15, -0.1) is 0 Å². The molecule has 0 heterocycles. The number of non-ortho nitro benzene ring substituents is 1. The third kappa shape index (κ3) is 4.34. The molecule has 0 aliphatic heterocycles. The highest BCUT2D eigenvalue weighted by Gasteiger charge is 2.19. The minimum Gasteiger partial charge on any atom is -0.272 e. The Morgan fingerprint density at radius 1 is 1.40 bits per heavy atom. The standard InChI is InChI=1S/C9H9N4O6P/c1-6(5-20(18)19)10-11-8-3-2-7(12(14)15)4-9(8)13(16)17/h2-4,11H,5H2,1H3/p+1/b10-6+. The summed E-state index contributed by atoms with van der Waals surface area (Å²) in [6, 6.07) is 3.04. The molecule has 0 aliphatic carbocycles. The number of hydrogen-bond donors (Lipinski definition) is 2. The summed E-state index contributed by atoms with van der Waals surface area (Å²) in [5.74, 6) is 0. The van der Waals surface area contributed by atoms with Gasteiger partial charge in [-0.05, 0) is 17.6 Å². The first kappa shape index (κ1) is 15.6. The first-order valence-electron chi connectivity index (χ1n) is 5.17. The molecule has 0 bridgehead atoms. The molecule has 11 heteroatoms. The fourth-order valence-corrected chi connectivity index (χ4v) is 1.73. The average molecular weight is 301 g/mol. The molecule has 0 saturated heterocycles. The van der Waals surface area contributed by atoms with Gasteiger partial charge in [-0.2, -0.15) is 9.99 Å². The molecule has 0 radical (unpaired) electrons. The van der Waals surface area contributed by atoms with E-state index in [1.807, 2.05) is 0 Å². The number of nitrogens with one attached hydrogen (secondary N) is 1. The van der Waals surface area contributed by atoms with Gasteiger partial charge in [0.25, 0.3) is 5.69 Å². The van der Waals surface area contributed by atoms with Crippen LogP contribution in [0.15, 0.2) is 23.3 Å². The Morgan fingerprint density at radius 2 is 2.05 bits per heavy atom. The van der Waals surface area contributed by atoms with Crippen LogP contribution in [-0.4, -0.2) is 26.6 Å². The highest BCUT2D eigenvalue weighted by Crippen LogP contribution is 2.29. The van der Waals surface area contributed by atoms with Crippen molar-refractivity contribution >= 4 is 30.8 Å². The molecule has 0 aliphatic rings. The predicted octanol–water partition coefficient (Wildman–Crippen LogP) is 2.03. The molecule has 2 N–H and O–H groups in total. The lowest BCUT2D eigenvalue weighted by Crippen LogP contribution is -2.03. The Morgan fingerprint density at radius 3 is 2.55 bits per heavy atom. The van der Waals surface area contributed by atoms with Crippen LogP contribution in [-0.2, 0) is 4.57 Å². The smallest absolute Gasteiger partial charge is 0.272 e. The van der Waals surface area contributed by atoms with Crippen molar-refractivity contribution in [2.24, 2.45) is 5.10 Å². The Hall–Kier alpha value is -2.45. The molecule has 1 atom stereocenters. The summed E-state index contributed by atoms with van der Waals surface area (Å²) in [7, 11) is -2.40. The average Bonchev–Trinajstić information content (AvgIpc) is 2.35. The molecule has 0 aromatic heterocycles. The van der Waals surface area contributed by atoms with E-state index in [4.69, 9.17) is 4.89 Å². The largest absolute Gasteiger partial charge is 0.511 e. The van der Waals surface area contributed by atoms with Gasteiger partial charge in [-0.3, -0.25) is 25.7 Å². The Bertz CT molecular complexity index is 602. The zero-order valence-electron chi connectivity index (χ0n) is 10.2. The molecule has 20 heavy (non-hydrogen) atoms. The highest BCUT2D eigenvalue weighted by molar-refractivity contribution is 7.39. The maximum Gasteiger partial charge on any atom is 0.511 e. The number of nitrogens with zero attached hydrogens (tertiary/aromatic N) is 3. The van der Waals surface area contributed by atoms with E-state index in [9.17, 15) is 24.8 Å². The van der Waals surface area contributed by atoms with Gasteiger partial charge in [0.1, 0.15) is 5.69 Å². The van der Waals surface area contributed by atoms with Crippen LogP contribution in [0.5, 0.6) is 0 Å². The molecule has 10 nitrogen and oxygen atoms in total. The predicted molar refractivity (Wildman–Crippen MR) is 71.2 cm³/mol. The van der Waals surface area contributed by atoms with Gasteiger partial charge in [0.15, 0.2) is 0 Å². The van der Waals surface area contributed by atoms with Crippen LogP contribution in [0.1, 0.15) is 6.92 Å². The van der Waals surface area contributed by atoms with Gasteiger partial charge in [0.2, 0.25) is 6.16 Å². The van der Waals surface area contributed by atoms with Crippen LogP contribution in [0.2, 0.25) is 0 Å². The first-order valence-corrected chi connectivity index (χ1v) is 6.56. The number of nitro groups is 2. The van der Waals surface area contributed by atoms with Crippen LogP contribution in [0.25, 0.3) is 0 Å². The summed E-state index contributed by atoms with van der Waals surface area (Å²) in [5, 5.41) is 25.1. The van der Waals surface area contributed by atoms with Crippen LogP contribution < -0.4 is 5.43 Å². The molecule has 1 aromatic carbocycles. The molecule has 0 spiro atoms. The number of hydrogen-bond acceptors (Lipinski definition) is 7. The summed E-state index contributed by atoms with van der Waals surface area (Å²) < 4.78 is 10.6. The first-order chi connectivity index (χ1) is 9.31. The van der Waals surface area contributed by atoms with E-state index in [0.717, 1.165) is 18.2 Å². The minimum absolute atomic E-state index is 0.0480. The van der Waals surface area contributed by atoms with Gasteiger partial charge >= 0.3 is 13.7 Å². The van der Waals surface area contributed by atoms with Crippen molar-refractivity contribution in [3.63, 3.8) is 0 Å². The van der Waals surface area contributed by atoms with E-state index in [-0.39, 0.29) is 17.6 Å². The van der Waals surface area contributed by atoms with E-state index in [0.29, 0.717) is 0 Å². The topological polar surface area (TPSA) is 148 Å². The highest BCUT2D eigenvalue weighted by atomic mass is 31.1. The summed E-state index contributed by atoms with van der Waals surface area (Å²) >= 11 is 0. The summed E-state index contributed by atoms with van der Waals surface area (Å²) in [4.78, 5) is 28.5. The normalized spacial score (nSPS) is 11.9. The van der Waals surface area contributed by atoms with E-state index in [1.165, 1.54) is 6.92 Å². The Labute approximate surface area is 113 Å². The molecule has 1 aromatic rings. The van der Waals surface area contributed by atoms with Crippen molar-refractivity contribution in [3.05, 3.63) is 38.4 Å². The van der Waals surface area contributed by atoms with Gasteiger partial charge in [-0.1, -0.05) is 0 Å². The van der Waals surface area contributed by atoms with Crippen molar-refractivity contribution in [3.8, 4) is 0 Å². The van der Waals surface area contributed by atoms with Gasteiger partial charge in [-0.25, -0.2) is 0 Å². The number of anilines is 1. The SMILES string of the molecule is C/C(C[P+](=O)O)=N\Nc1ccc([N+](=O)[O-])cc1[N+](=O)[O-]. The maximum absolute atomic E-state index is 10.8. The maximum atomic E-state index is 10.8. The lowest BCUT2D eigenvalue weighted by Gasteiger charge is -2.02. The molecular weight excluding hydrogens is 291 g/mol.